The first-order valence-electron chi connectivity index (χ1n) is 4.60. The number of hydrogen-bond donors (Lipinski definition) is 2. The Balaban J connectivity index is 0.000000283. The molecule has 0 aliphatic rings. The van der Waals surface area contributed by atoms with E-state index in [9.17, 15) is 0 Å². The fraction of sp³-hybridized carbons (Fsp3) is 0. The van der Waals surface area contributed by atoms with E-state index in [4.69, 9.17) is 46.4 Å². The van der Waals surface area contributed by atoms with Gasteiger partial charge in [-0.25, -0.2) is 0 Å². The summed E-state index contributed by atoms with van der Waals surface area (Å²) in [5.41, 5.74) is 0. The van der Waals surface area contributed by atoms with Crippen molar-refractivity contribution < 1.29 is 0 Å². The Morgan fingerprint density at radius 2 is 0.556 bits per heavy atom. The highest BCUT2D eigenvalue weighted by Crippen LogP contribution is 2.13. The molecule has 0 heterocycles. The summed E-state index contributed by atoms with van der Waals surface area (Å²) in [7, 11) is 0. The van der Waals surface area contributed by atoms with Crippen molar-refractivity contribution >= 4 is 69.7 Å². The molecular formula is C12H10Cl4S2. The van der Waals surface area contributed by atoms with Gasteiger partial charge in [0.05, 0.1) is 0 Å². The third-order valence-corrected chi connectivity index (χ3v) is 2.61. The zero-order chi connectivity index (χ0) is 14.0. The topological polar surface area (TPSA) is 0 Å². The molecule has 0 aromatic heterocycles. The van der Waals surface area contributed by atoms with Gasteiger partial charge in [-0.15, -0.1) is 23.3 Å². The molecule has 0 saturated carbocycles. The van der Waals surface area contributed by atoms with E-state index in [0.29, 0.717) is 0 Å². The summed E-state index contributed by atoms with van der Waals surface area (Å²) in [6.07, 6.45) is 0. The first-order chi connectivity index (χ1) is 8.58. The van der Waals surface area contributed by atoms with Crippen LogP contribution in [-0.4, -0.2) is 0 Å². The fourth-order valence-electron chi connectivity index (χ4n) is 0.859. The van der Waals surface area contributed by atoms with E-state index >= 15 is 0 Å². The summed E-state index contributed by atoms with van der Waals surface area (Å²) >= 11 is 28.7. The van der Waals surface area contributed by atoms with E-state index in [0.717, 1.165) is 20.1 Å². The van der Waals surface area contributed by atoms with Gasteiger partial charge in [0.15, 0.2) is 0 Å². The van der Waals surface area contributed by atoms with Crippen LogP contribution in [0.1, 0.15) is 0 Å². The van der Waals surface area contributed by atoms with Gasteiger partial charge in [-0.05, 0) is 48.5 Å². The molecule has 0 unspecified atom stereocenters. The van der Waals surface area contributed by atoms with Crippen LogP contribution in [0.2, 0.25) is 20.1 Å². The van der Waals surface area contributed by atoms with E-state index < -0.39 is 0 Å². The number of halogens is 4. The van der Waals surface area contributed by atoms with Crippen LogP contribution < -0.4 is 0 Å². The minimum absolute atomic E-state index is 0.717. The molecule has 0 radical (unpaired) electrons. The average molecular weight is 360 g/mol. The molecule has 0 atom stereocenters. The van der Waals surface area contributed by atoms with Crippen molar-refractivity contribution in [3.8, 4) is 0 Å². The molecule has 2 aromatic rings. The van der Waals surface area contributed by atoms with E-state index in [1.807, 2.05) is 0 Å². The van der Waals surface area contributed by atoms with Gasteiger partial charge < -0.3 is 0 Å². The molecule has 0 spiro atoms. The van der Waals surface area contributed by atoms with Gasteiger partial charge in [0.25, 0.3) is 0 Å². The average Bonchev–Trinajstić information content (AvgIpc) is 2.40. The van der Waals surface area contributed by atoms with Crippen molar-refractivity contribution in [2.24, 2.45) is 0 Å². The lowest BCUT2D eigenvalue weighted by Crippen LogP contribution is -1.60. The molecule has 0 aliphatic heterocycles. The maximum Gasteiger partial charge on any atom is 0.0407 e. The van der Waals surface area contributed by atoms with Crippen molar-refractivity contribution in [3.05, 3.63) is 68.6 Å². The first-order valence-corrected chi connectivity index (χ1v) is 7.71. The van der Waals surface area contributed by atoms with Crippen LogP contribution in [0, 0.1) is 0 Å². The SMILES string of the molecule is Clc1ccc(Cl)cc1.Clc1ccc(Cl)cc1.SS. The summed E-state index contributed by atoms with van der Waals surface area (Å²) in [6.45, 7) is 0. The van der Waals surface area contributed by atoms with Crippen molar-refractivity contribution in [1.29, 1.82) is 0 Å². The Morgan fingerprint density at radius 1 is 0.444 bits per heavy atom. The van der Waals surface area contributed by atoms with Crippen LogP contribution in [0.4, 0.5) is 0 Å². The number of thiol groups is 2. The fourth-order valence-corrected chi connectivity index (χ4v) is 1.36. The molecule has 0 N–H and O–H groups in total. The Kier molecular flexibility index (Phi) is 11.3. The second-order valence-electron chi connectivity index (χ2n) is 2.87. The van der Waals surface area contributed by atoms with Crippen molar-refractivity contribution in [1.82, 2.24) is 0 Å². The summed E-state index contributed by atoms with van der Waals surface area (Å²) in [4.78, 5) is 0. The Hall–Kier alpha value is 0.300. The smallest absolute Gasteiger partial charge is 0.0407 e. The van der Waals surface area contributed by atoms with Crippen LogP contribution in [0.3, 0.4) is 0 Å². The largest absolute Gasteiger partial charge is 0.115 e. The molecular weight excluding hydrogens is 350 g/mol. The minimum atomic E-state index is 0.717. The van der Waals surface area contributed by atoms with Gasteiger partial charge in [-0.1, -0.05) is 46.4 Å². The molecule has 0 nitrogen and oxygen atoms in total. The highest BCUT2D eigenvalue weighted by atomic mass is 35.5. The van der Waals surface area contributed by atoms with Gasteiger partial charge in [-0.2, -0.15) is 0 Å². The zero-order valence-corrected chi connectivity index (χ0v) is 13.8. The molecule has 2 rings (SSSR count). The van der Waals surface area contributed by atoms with Gasteiger partial charge >= 0.3 is 0 Å². The molecule has 0 saturated heterocycles. The van der Waals surface area contributed by atoms with Crippen LogP contribution >= 0.6 is 69.7 Å². The highest BCUT2D eigenvalue weighted by Gasteiger charge is 1.84. The van der Waals surface area contributed by atoms with E-state index in [1.165, 1.54) is 0 Å². The van der Waals surface area contributed by atoms with E-state index in [2.05, 4.69) is 23.3 Å². The predicted octanol–water partition coefficient (Wildman–Crippen LogP) is 6.75. The summed E-state index contributed by atoms with van der Waals surface area (Å²) in [6, 6.07) is 14.0. The standard InChI is InChI=1S/2C6H4Cl2.H2S2/c2*7-5-1-2-6(8)4-3-5;1-2/h2*1-4H;1-2H. The second kappa shape index (κ2) is 11.2. The van der Waals surface area contributed by atoms with Gasteiger partial charge in [0.2, 0.25) is 0 Å². The van der Waals surface area contributed by atoms with Crippen molar-refractivity contribution in [3.63, 3.8) is 0 Å². The highest BCUT2D eigenvalue weighted by molar-refractivity contribution is 8.59. The molecule has 18 heavy (non-hydrogen) atoms. The third kappa shape index (κ3) is 9.26. The van der Waals surface area contributed by atoms with Crippen molar-refractivity contribution in [2.45, 2.75) is 0 Å². The van der Waals surface area contributed by atoms with Crippen LogP contribution in [0.15, 0.2) is 48.5 Å². The van der Waals surface area contributed by atoms with Crippen LogP contribution in [0.25, 0.3) is 0 Å². The van der Waals surface area contributed by atoms with Gasteiger partial charge in [0, 0.05) is 20.1 Å². The Labute approximate surface area is 137 Å². The molecule has 0 bridgehead atoms. The lowest BCUT2D eigenvalue weighted by atomic mass is 10.4. The quantitative estimate of drug-likeness (QED) is 0.377. The van der Waals surface area contributed by atoms with E-state index in [1.54, 1.807) is 48.5 Å². The monoisotopic (exact) mass is 358 g/mol. The Bertz CT molecular complexity index is 343. The lowest BCUT2D eigenvalue weighted by molar-refractivity contribution is 1.71. The molecule has 2 aromatic carbocycles. The van der Waals surface area contributed by atoms with Crippen molar-refractivity contribution in [2.75, 3.05) is 0 Å². The third-order valence-electron chi connectivity index (χ3n) is 1.61. The first kappa shape index (κ1) is 18.3. The summed E-state index contributed by atoms with van der Waals surface area (Å²) < 4.78 is 0. The molecule has 6 heteroatoms. The molecule has 98 valence electrons. The maximum atomic E-state index is 5.55. The molecule has 0 fully saturated rings. The lowest BCUT2D eigenvalue weighted by Gasteiger charge is -1.86. The maximum absolute atomic E-state index is 5.55. The summed E-state index contributed by atoms with van der Waals surface area (Å²) in [5.74, 6) is 0. The number of benzene rings is 2. The predicted molar refractivity (Wildman–Crippen MR) is 90.9 cm³/mol. The zero-order valence-electron chi connectivity index (χ0n) is 9.03. The minimum Gasteiger partial charge on any atom is -0.115 e. The van der Waals surface area contributed by atoms with Gasteiger partial charge in [-0.3, -0.25) is 0 Å². The normalized spacial score (nSPS) is 8.56. The molecule has 0 amide bonds. The van der Waals surface area contributed by atoms with Crippen LogP contribution in [0.5, 0.6) is 0 Å². The van der Waals surface area contributed by atoms with Gasteiger partial charge in [0.1, 0.15) is 0 Å². The Morgan fingerprint density at radius 3 is 0.667 bits per heavy atom. The summed E-state index contributed by atoms with van der Waals surface area (Å²) in [5, 5.41) is 2.87. The second-order valence-corrected chi connectivity index (χ2v) is 4.62. The number of hydrogen-bond acceptors (Lipinski definition) is 2. The van der Waals surface area contributed by atoms with E-state index in [-0.39, 0.29) is 0 Å². The van der Waals surface area contributed by atoms with Crippen LogP contribution in [-0.2, 0) is 0 Å². The molecule has 0 aliphatic carbocycles. The number of rotatable bonds is 0.